The lowest BCUT2D eigenvalue weighted by Gasteiger charge is -2.17. The third-order valence-electron chi connectivity index (χ3n) is 5.79. The van der Waals surface area contributed by atoms with Crippen molar-refractivity contribution in [1.29, 1.82) is 0 Å². The molecule has 6 heteroatoms. The van der Waals surface area contributed by atoms with E-state index in [-0.39, 0.29) is 25.0 Å². The van der Waals surface area contributed by atoms with Gasteiger partial charge in [-0.15, -0.1) is 0 Å². The molecule has 1 aromatic heterocycles. The number of hydrogen-bond acceptors (Lipinski definition) is 5. The van der Waals surface area contributed by atoms with Crippen LogP contribution in [0.5, 0.6) is 0 Å². The molecule has 4 aromatic rings. The Hall–Kier alpha value is -4.03. The minimum Gasteiger partial charge on any atom is -0.457 e. The number of carbonyl (C=O) groups excluding carboxylic acids is 2. The molecule has 0 radical (unpaired) electrons. The second-order valence-corrected chi connectivity index (χ2v) is 8.35. The number of benzene rings is 3. The average Bonchev–Trinajstić information content (AvgIpc) is 2.83. The maximum Gasteiger partial charge on any atom is 0.338 e. The Balaban J connectivity index is 1.45. The largest absolute Gasteiger partial charge is 0.457 e. The maximum absolute atomic E-state index is 13.0. The maximum atomic E-state index is 13.0. The Morgan fingerprint density at radius 3 is 2.65 bits per heavy atom. The quantitative estimate of drug-likeness (QED) is 0.389. The van der Waals surface area contributed by atoms with E-state index >= 15 is 0 Å². The molecule has 3 N–H and O–H groups in total. The van der Waals surface area contributed by atoms with Crippen LogP contribution in [0.15, 0.2) is 79.1 Å². The summed E-state index contributed by atoms with van der Waals surface area (Å²) in [4.78, 5) is 29.6. The summed E-state index contributed by atoms with van der Waals surface area (Å²) in [6, 6.07) is 20.6. The first-order valence-electron chi connectivity index (χ1n) is 11.1. The van der Waals surface area contributed by atoms with E-state index in [4.69, 9.17) is 10.5 Å². The van der Waals surface area contributed by atoms with Gasteiger partial charge >= 0.3 is 5.97 Å². The Bertz CT molecular complexity index is 1350. The summed E-state index contributed by atoms with van der Waals surface area (Å²) in [5, 5.41) is 4.95. The molecule has 34 heavy (non-hydrogen) atoms. The first-order valence-corrected chi connectivity index (χ1v) is 11.1. The summed E-state index contributed by atoms with van der Waals surface area (Å²) in [5.74, 6) is -1.11. The van der Waals surface area contributed by atoms with Crippen LogP contribution >= 0.6 is 0 Å². The van der Waals surface area contributed by atoms with Crippen molar-refractivity contribution in [1.82, 2.24) is 4.98 Å². The zero-order chi connectivity index (χ0) is 24.1. The van der Waals surface area contributed by atoms with Crippen molar-refractivity contribution in [3.05, 3.63) is 107 Å². The van der Waals surface area contributed by atoms with Crippen molar-refractivity contribution in [3.63, 3.8) is 0 Å². The van der Waals surface area contributed by atoms with Crippen LogP contribution in [0.3, 0.4) is 0 Å². The molecule has 0 aliphatic rings. The number of pyridine rings is 1. The molecule has 1 atom stereocenters. The van der Waals surface area contributed by atoms with E-state index in [0.29, 0.717) is 11.3 Å². The molecule has 3 aromatic carbocycles. The lowest BCUT2D eigenvalue weighted by Crippen LogP contribution is -2.27. The van der Waals surface area contributed by atoms with Gasteiger partial charge in [-0.05, 0) is 60.2 Å². The van der Waals surface area contributed by atoms with Gasteiger partial charge in [0.05, 0.1) is 11.5 Å². The number of anilines is 1. The Morgan fingerprint density at radius 2 is 1.85 bits per heavy atom. The number of carbonyl (C=O) groups is 2. The second-order valence-electron chi connectivity index (χ2n) is 8.35. The van der Waals surface area contributed by atoms with Gasteiger partial charge < -0.3 is 15.8 Å². The molecule has 0 saturated heterocycles. The fourth-order valence-corrected chi connectivity index (χ4v) is 3.95. The van der Waals surface area contributed by atoms with Crippen LogP contribution in [-0.4, -0.2) is 23.4 Å². The highest BCUT2D eigenvalue weighted by atomic mass is 16.5. The van der Waals surface area contributed by atoms with Gasteiger partial charge in [-0.2, -0.15) is 0 Å². The summed E-state index contributed by atoms with van der Waals surface area (Å²) >= 11 is 0. The highest BCUT2D eigenvalue weighted by molar-refractivity contribution is 5.98. The van der Waals surface area contributed by atoms with Gasteiger partial charge in [-0.3, -0.25) is 9.78 Å². The number of esters is 1. The van der Waals surface area contributed by atoms with Crippen molar-refractivity contribution in [2.45, 2.75) is 26.4 Å². The molecule has 0 bridgehead atoms. The normalized spacial score (nSPS) is 11.7. The summed E-state index contributed by atoms with van der Waals surface area (Å²) in [5.41, 5.74) is 10.7. The number of nitrogens with two attached hydrogens (primary N) is 1. The highest BCUT2D eigenvalue weighted by Gasteiger charge is 2.20. The van der Waals surface area contributed by atoms with Crippen LogP contribution in [0.2, 0.25) is 0 Å². The number of rotatable bonds is 7. The number of fused-ring (bicyclic) bond motifs is 1. The first-order chi connectivity index (χ1) is 16.4. The molecule has 0 aliphatic heterocycles. The molecule has 0 aliphatic carbocycles. The average molecular weight is 454 g/mol. The molecule has 4 rings (SSSR count). The monoisotopic (exact) mass is 453 g/mol. The number of ether oxygens (including phenoxy) is 1. The van der Waals surface area contributed by atoms with Crippen LogP contribution in [0.1, 0.15) is 38.5 Å². The number of nitrogens with zero attached hydrogens (tertiary/aromatic N) is 1. The minimum absolute atomic E-state index is 0.109. The Kier molecular flexibility index (Phi) is 6.99. The highest BCUT2D eigenvalue weighted by Crippen LogP contribution is 2.22. The van der Waals surface area contributed by atoms with E-state index < -0.39 is 5.92 Å². The van der Waals surface area contributed by atoms with Gasteiger partial charge in [0.2, 0.25) is 5.91 Å². The van der Waals surface area contributed by atoms with Gasteiger partial charge in [-0.25, -0.2) is 4.79 Å². The molecule has 6 nitrogen and oxygen atoms in total. The summed E-state index contributed by atoms with van der Waals surface area (Å²) in [6.45, 7) is 4.13. The van der Waals surface area contributed by atoms with Gasteiger partial charge in [-0.1, -0.05) is 48.0 Å². The minimum atomic E-state index is -0.539. The smallest absolute Gasteiger partial charge is 0.338 e. The number of aromatic nitrogens is 1. The number of amides is 1. The first kappa shape index (κ1) is 23.1. The lowest BCUT2D eigenvalue weighted by molar-refractivity contribution is -0.117. The van der Waals surface area contributed by atoms with Crippen molar-refractivity contribution in [2.24, 2.45) is 5.73 Å². The van der Waals surface area contributed by atoms with Crippen molar-refractivity contribution in [2.75, 3.05) is 11.9 Å². The third kappa shape index (κ3) is 5.30. The summed E-state index contributed by atoms with van der Waals surface area (Å²) in [7, 11) is 0. The fraction of sp³-hybridized carbons (Fsp3) is 0.179. The standard InChI is InChI=1S/C28H27N3O3/c1-18-6-9-25(19(2)12-18)28(33)34-17-20-4-3-5-22(13-20)26(15-29)27(32)31-24-8-7-23-16-30-11-10-21(23)14-24/h3-14,16,26H,15,17,29H2,1-2H3,(H,31,32). The zero-order valence-corrected chi connectivity index (χ0v) is 19.2. The summed E-state index contributed by atoms with van der Waals surface area (Å²) < 4.78 is 5.52. The van der Waals surface area contributed by atoms with Crippen molar-refractivity contribution in [3.8, 4) is 0 Å². The van der Waals surface area contributed by atoms with Crippen molar-refractivity contribution < 1.29 is 14.3 Å². The van der Waals surface area contributed by atoms with Crippen LogP contribution < -0.4 is 11.1 Å². The van der Waals surface area contributed by atoms with Crippen LogP contribution in [0, 0.1) is 13.8 Å². The number of hydrogen-bond donors (Lipinski definition) is 2. The Morgan fingerprint density at radius 1 is 1.00 bits per heavy atom. The van der Waals surface area contributed by atoms with E-state index in [1.807, 2.05) is 74.5 Å². The van der Waals surface area contributed by atoms with E-state index in [2.05, 4.69) is 10.3 Å². The fourth-order valence-electron chi connectivity index (χ4n) is 3.95. The predicted octanol–water partition coefficient (Wildman–Crippen LogP) is 4.89. The van der Waals surface area contributed by atoms with Gasteiger partial charge in [0.15, 0.2) is 0 Å². The molecule has 1 heterocycles. The van der Waals surface area contributed by atoms with Crippen LogP contribution in [0.25, 0.3) is 10.8 Å². The molecular formula is C28H27N3O3. The summed E-state index contributed by atoms with van der Waals surface area (Å²) in [6.07, 6.45) is 3.50. The second kappa shape index (κ2) is 10.3. The molecule has 1 amide bonds. The zero-order valence-electron chi connectivity index (χ0n) is 19.2. The number of nitrogens with one attached hydrogen (secondary N) is 1. The van der Waals surface area contributed by atoms with Gasteiger partial charge in [0, 0.05) is 30.0 Å². The van der Waals surface area contributed by atoms with E-state index in [0.717, 1.165) is 33.0 Å². The third-order valence-corrected chi connectivity index (χ3v) is 5.79. The van der Waals surface area contributed by atoms with Crippen molar-refractivity contribution >= 4 is 28.3 Å². The topological polar surface area (TPSA) is 94.3 Å². The van der Waals surface area contributed by atoms with E-state index in [9.17, 15) is 9.59 Å². The SMILES string of the molecule is Cc1ccc(C(=O)OCc2cccc(C(CN)C(=O)Nc3ccc4cnccc4c3)c2)c(C)c1. The van der Waals surface area contributed by atoms with Gasteiger partial charge in [0.1, 0.15) is 6.61 Å². The number of aryl methyl sites for hydroxylation is 2. The molecular weight excluding hydrogens is 426 g/mol. The van der Waals surface area contributed by atoms with E-state index in [1.165, 1.54) is 0 Å². The lowest BCUT2D eigenvalue weighted by atomic mass is 9.96. The molecule has 1 unspecified atom stereocenters. The van der Waals surface area contributed by atoms with Crippen LogP contribution in [0.4, 0.5) is 5.69 Å². The predicted molar refractivity (Wildman–Crippen MR) is 134 cm³/mol. The molecule has 0 spiro atoms. The van der Waals surface area contributed by atoms with Crippen LogP contribution in [-0.2, 0) is 16.1 Å². The molecule has 0 saturated carbocycles. The van der Waals surface area contributed by atoms with E-state index in [1.54, 1.807) is 18.5 Å². The molecule has 172 valence electrons. The van der Waals surface area contributed by atoms with Gasteiger partial charge in [0.25, 0.3) is 0 Å². The molecule has 0 fully saturated rings. The Labute approximate surface area is 198 Å².